The molecule has 0 radical (unpaired) electrons. The van der Waals surface area contributed by atoms with Gasteiger partial charge in [0.25, 0.3) is 0 Å². The van der Waals surface area contributed by atoms with E-state index in [0.717, 1.165) is 5.69 Å². The van der Waals surface area contributed by atoms with Crippen LogP contribution < -0.4 is 4.90 Å². The van der Waals surface area contributed by atoms with Crippen molar-refractivity contribution in [1.29, 1.82) is 0 Å². The van der Waals surface area contributed by atoms with Gasteiger partial charge in [0.1, 0.15) is 0 Å². The molecule has 9 aromatic carbocycles. The Balaban J connectivity index is 1.03. The number of anilines is 3. The van der Waals surface area contributed by atoms with E-state index in [1.165, 1.54) is 92.4 Å². The zero-order valence-corrected chi connectivity index (χ0v) is 32.4. The molecule has 0 unspecified atom stereocenters. The average molecular weight is 757 g/mol. The van der Waals surface area contributed by atoms with Gasteiger partial charge in [-0.1, -0.05) is 158 Å². The highest BCUT2D eigenvalue weighted by Gasteiger charge is 2.47. The SMILES string of the molecule is c1ccc(-n2c3ccccc3c3cc(-c4ccc(N5c6ccccc6C(c6ccccc6)(c6cccc7c6sc6ccccc67)c6ccccc65)cc4)ccc32)cc1. The molecule has 0 saturated carbocycles. The fraction of sp³-hybridized carbons (Fsp3) is 0.0182. The van der Waals surface area contributed by atoms with Crippen LogP contribution in [0, 0.1) is 0 Å². The molecule has 0 spiro atoms. The lowest BCUT2D eigenvalue weighted by atomic mass is 9.62. The van der Waals surface area contributed by atoms with Crippen LogP contribution in [0.1, 0.15) is 22.3 Å². The van der Waals surface area contributed by atoms with Crippen LogP contribution in [-0.4, -0.2) is 4.57 Å². The second kappa shape index (κ2) is 12.9. The van der Waals surface area contributed by atoms with Gasteiger partial charge in [0, 0.05) is 42.3 Å². The summed E-state index contributed by atoms with van der Waals surface area (Å²) in [7, 11) is 0. The minimum absolute atomic E-state index is 0.556. The molecule has 0 atom stereocenters. The molecular weight excluding hydrogens is 721 g/mol. The summed E-state index contributed by atoms with van der Waals surface area (Å²) in [6.45, 7) is 0. The molecule has 12 rings (SSSR count). The second-order valence-corrected chi connectivity index (χ2v) is 16.3. The maximum absolute atomic E-state index is 2.47. The smallest absolute Gasteiger partial charge is 0.0756 e. The summed E-state index contributed by atoms with van der Waals surface area (Å²) in [5.74, 6) is 0. The Kier molecular flexibility index (Phi) is 7.35. The van der Waals surface area contributed by atoms with E-state index >= 15 is 0 Å². The second-order valence-electron chi connectivity index (χ2n) is 15.2. The van der Waals surface area contributed by atoms with Crippen LogP contribution >= 0.6 is 11.3 Å². The number of thiophene rings is 1. The van der Waals surface area contributed by atoms with Crippen LogP contribution in [0.2, 0.25) is 0 Å². The van der Waals surface area contributed by atoms with Crippen molar-refractivity contribution in [2.45, 2.75) is 5.41 Å². The van der Waals surface area contributed by atoms with Gasteiger partial charge in [0.05, 0.1) is 27.8 Å². The molecule has 3 heterocycles. The molecule has 0 N–H and O–H groups in total. The summed E-state index contributed by atoms with van der Waals surface area (Å²) in [5.41, 5.74) is 14.1. The van der Waals surface area contributed by atoms with Gasteiger partial charge in [-0.2, -0.15) is 0 Å². The van der Waals surface area contributed by atoms with E-state index < -0.39 is 5.41 Å². The first kappa shape index (κ1) is 33.0. The first-order valence-corrected chi connectivity index (χ1v) is 20.8. The number of benzene rings is 9. The van der Waals surface area contributed by atoms with E-state index in [1.54, 1.807) is 0 Å². The maximum atomic E-state index is 2.47. The van der Waals surface area contributed by atoms with Crippen LogP contribution in [0.3, 0.4) is 0 Å². The normalized spacial score (nSPS) is 13.3. The molecule has 0 saturated heterocycles. The molecule has 272 valence electrons. The monoisotopic (exact) mass is 756 g/mol. The molecule has 0 aliphatic carbocycles. The van der Waals surface area contributed by atoms with Gasteiger partial charge < -0.3 is 9.47 Å². The molecule has 2 nitrogen and oxygen atoms in total. The number of aromatic nitrogens is 1. The van der Waals surface area contributed by atoms with Crippen molar-refractivity contribution in [1.82, 2.24) is 4.57 Å². The lowest BCUT2D eigenvalue weighted by molar-refractivity contribution is 0.739. The summed E-state index contributed by atoms with van der Waals surface area (Å²) in [5, 5.41) is 5.14. The largest absolute Gasteiger partial charge is 0.310 e. The van der Waals surface area contributed by atoms with Gasteiger partial charge in [-0.3, -0.25) is 0 Å². The standard InChI is InChI=1S/C55H36N2S/c1-3-16-39(17-4-1)55(48-25-15-22-44-43-21-8-14-29-53(43)58-54(44)48)46-23-9-12-27-51(46)57(52-28-13-10-24-47(52)55)41-33-30-37(31-34-41)38-32-35-50-45(36-38)42-20-7-11-26-49(42)56(50)40-18-5-2-6-19-40/h1-36H. The van der Waals surface area contributed by atoms with E-state index in [1.807, 2.05) is 11.3 Å². The van der Waals surface area contributed by atoms with Crippen LogP contribution in [0.25, 0.3) is 58.8 Å². The van der Waals surface area contributed by atoms with E-state index in [-0.39, 0.29) is 0 Å². The molecule has 11 aromatic rings. The van der Waals surface area contributed by atoms with Gasteiger partial charge >= 0.3 is 0 Å². The van der Waals surface area contributed by atoms with E-state index in [9.17, 15) is 0 Å². The third kappa shape index (κ3) is 4.71. The van der Waals surface area contributed by atoms with Crippen LogP contribution in [0.15, 0.2) is 218 Å². The summed E-state index contributed by atoms with van der Waals surface area (Å²) in [6.07, 6.45) is 0. The average Bonchev–Trinajstić information content (AvgIpc) is 3.85. The van der Waals surface area contributed by atoms with Gasteiger partial charge in [-0.25, -0.2) is 0 Å². The van der Waals surface area contributed by atoms with E-state index in [0.29, 0.717) is 0 Å². The van der Waals surface area contributed by atoms with Crippen molar-refractivity contribution >= 4 is 70.4 Å². The Morgan fingerprint density at radius 3 is 1.69 bits per heavy atom. The quantitative estimate of drug-likeness (QED) is 0.170. The minimum Gasteiger partial charge on any atom is -0.310 e. The fourth-order valence-corrected chi connectivity index (χ4v) is 11.1. The highest BCUT2D eigenvalue weighted by atomic mass is 32.1. The lowest BCUT2D eigenvalue weighted by Crippen LogP contribution is -2.37. The van der Waals surface area contributed by atoms with Crippen LogP contribution in [0.5, 0.6) is 0 Å². The first-order valence-electron chi connectivity index (χ1n) is 19.9. The van der Waals surface area contributed by atoms with Crippen molar-refractivity contribution in [3.63, 3.8) is 0 Å². The van der Waals surface area contributed by atoms with Gasteiger partial charge in [0.15, 0.2) is 0 Å². The zero-order valence-electron chi connectivity index (χ0n) is 31.6. The van der Waals surface area contributed by atoms with Crippen LogP contribution in [0.4, 0.5) is 17.1 Å². The Bertz CT molecular complexity index is 3290. The Morgan fingerprint density at radius 1 is 0.362 bits per heavy atom. The number of hydrogen-bond donors (Lipinski definition) is 0. The molecule has 2 aromatic heterocycles. The Morgan fingerprint density at radius 2 is 0.931 bits per heavy atom. The van der Waals surface area contributed by atoms with Crippen molar-refractivity contribution < 1.29 is 0 Å². The number of rotatable bonds is 5. The molecule has 1 aliphatic rings. The Hall–Kier alpha value is -7.20. The summed E-state index contributed by atoms with van der Waals surface area (Å²) < 4.78 is 5.02. The van der Waals surface area contributed by atoms with Crippen molar-refractivity contribution in [2.75, 3.05) is 4.90 Å². The zero-order chi connectivity index (χ0) is 38.2. The van der Waals surface area contributed by atoms with E-state index in [4.69, 9.17) is 0 Å². The van der Waals surface area contributed by atoms with Crippen LogP contribution in [-0.2, 0) is 5.41 Å². The van der Waals surface area contributed by atoms with E-state index in [2.05, 4.69) is 228 Å². The predicted molar refractivity (Wildman–Crippen MR) is 246 cm³/mol. The number of nitrogens with zero attached hydrogens (tertiary/aromatic N) is 2. The minimum atomic E-state index is -0.556. The molecular formula is C55H36N2S. The molecule has 3 heteroatoms. The summed E-state index contributed by atoms with van der Waals surface area (Å²) in [6, 6.07) is 80.5. The highest BCUT2D eigenvalue weighted by Crippen LogP contribution is 2.59. The van der Waals surface area contributed by atoms with Gasteiger partial charge in [0.2, 0.25) is 0 Å². The third-order valence-electron chi connectivity index (χ3n) is 12.3. The highest BCUT2D eigenvalue weighted by molar-refractivity contribution is 7.26. The first-order chi connectivity index (χ1) is 28.8. The van der Waals surface area contributed by atoms with Gasteiger partial charge in [-0.05, 0) is 94.0 Å². The lowest BCUT2D eigenvalue weighted by Gasteiger charge is -2.46. The third-order valence-corrected chi connectivity index (χ3v) is 13.5. The maximum Gasteiger partial charge on any atom is 0.0756 e. The summed E-state index contributed by atoms with van der Waals surface area (Å²) in [4.78, 5) is 2.47. The molecule has 0 bridgehead atoms. The van der Waals surface area contributed by atoms with Crippen molar-refractivity contribution in [3.8, 4) is 16.8 Å². The van der Waals surface area contributed by atoms with Gasteiger partial charge in [-0.15, -0.1) is 11.3 Å². The molecule has 0 amide bonds. The fourth-order valence-electron chi connectivity index (χ4n) is 9.82. The number of hydrogen-bond acceptors (Lipinski definition) is 2. The number of fused-ring (bicyclic) bond motifs is 8. The molecule has 58 heavy (non-hydrogen) atoms. The topological polar surface area (TPSA) is 8.17 Å². The Labute approximate surface area is 341 Å². The van der Waals surface area contributed by atoms with Crippen molar-refractivity contribution in [3.05, 3.63) is 241 Å². The predicted octanol–water partition coefficient (Wildman–Crippen LogP) is 15.0. The van der Waals surface area contributed by atoms with Crippen molar-refractivity contribution in [2.24, 2.45) is 0 Å². The molecule has 1 aliphatic heterocycles. The number of para-hydroxylation sites is 4. The summed E-state index contributed by atoms with van der Waals surface area (Å²) >= 11 is 1.91. The molecule has 0 fully saturated rings.